The van der Waals surface area contributed by atoms with Crippen LogP contribution in [0.2, 0.25) is 0 Å². The number of ketones is 2. The van der Waals surface area contributed by atoms with Crippen molar-refractivity contribution in [2.24, 2.45) is 0 Å². The van der Waals surface area contributed by atoms with E-state index in [1.807, 2.05) is 6.92 Å². The summed E-state index contributed by atoms with van der Waals surface area (Å²) in [5.74, 6) is -0.0825. The lowest BCUT2D eigenvalue weighted by atomic mass is 9.82. The fourth-order valence-electron chi connectivity index (χ4n) is 5.07. The van der Waals surface area contributed by atoms with E-state index in [1.54, 1.807) is 26.3 Å². The fourth-order valence-corrected chi connectivity index (χ4v) is 5.07. The van der Waals surface area contributed by atoms with Crippen molar-refractivity contribution < 1.29 is 14.7 Å². The van der Waals surface area contributed by atoms with E-state index in [2.05, 4.69) is 32.1 Å². The third kappa shape index (κ3) is 9.52. The average Bonchev–Trinajstić information content (AvgIpc) is 2.82. The van der Waals surface area contributed by atoms with Gasteiger partial charge in [-0.05, 0) is 119 Å². The summed E-state index contributed by atoms with van der Waals surface area (Å²) >= 11 is 0. The lowest BCUT2D eigenvalue weighted by Gasteiger charge is -2.25. The van der Waals surface area contributed by atoms with Crippen LogP contribution in [-0.4, -0.2) is 22.3 Å². The zero-order valence-electron chi connectivity index (χ0n) is 23.2. The Kier molecular flexibility index (Phi) is 11.6. The Morgan fingerprint density at radius 2 is 1.37 bits per heavy atom. The molecule has 1 atom stereocenters. The minimum atomic E-state index is -0.860. The molecule has 1 fully saturated rings. The van der Waals surface area contributed by atoms with Gasteiger partial charge in [-0.3, -0.25) is 9.59 Å². The van der Waals surface area contributed by atoms with Crippen LogP contribution in [0.4, 0.5) is 0 Å². The van der Waals surface area contributed by atoms with E-state index in [-0.39, 0.29) is 11.6 Å². The van der Waals surface area contributed by atoms with Crippen LogP contribution in [0.5, 0.6) is 0 Å². The molecule has 1 saturated carbocycles. The first-order valence-corrected chi connectivity index (χ1v) is 13.7. The molecule has 0 aromatic rings. The van der Waals surface area contributed by atoms with Gasteiger partial charge in [0.05, 0.1) is 5.60 Å². The molecular formula is C32H48O3. The molecule has 0 aliphatic heterocycles. The standard InChI is InChI=1S/C32H48O3/c1-23(15-11-19-28-17-8-7-9-18-28)13-10-14-24(2)16-12-21-32(6,35)22-20-29-27(5)30(33)25(3)26(4)31(29)34/h13,16,19,35H,7-12,14-15,17-18,20-22H2,1-6H3/b23-13+,24-16+. The molecule has 2 aliphatic rings. The van der Waals surface area contributed by atoms with Crippen molar-refractivity contribution in [2.45, 2.75) is 131 Å². The summed E-state index contributed by atoms with van der Waals surface area (Å²) in [5, 5.41) is 10.9. The van der Waals surface area contributed by atoms with Gasteiger partial charge in [0.25, 0.3) is 0 Å². The Morgan fingerprint density at radius 3 is 2.03 bits per heavy atom. The maximum absolute atomic E-state index is 12.6. The number of aliphatic hydroxyl groups is 1. The molecular weight excluding hydrogens is 432 g/mol. The smallest absolute Gasteiger partial charge is 0.185 e. The predicted molar refractivity (Wildman–Crippen MR) is 147 cm³/mol. The summed E-state index contributed by atoms with van der Waals surface area (Å²) in [7, 11) is 0. The first kappa shape index (κ1) is 29.2. The number of Topliss-reactive ketones (excluding diaryl/α,β-unsaturated/α-hetero) is 2. The maximum Gasteiger partial charge on any atom is 0.185 e. The van der Waals surface area contributed by atoms with E-state index in [1.165, 1.54) is 49.7 Å². The molecule has 1 unspecified atom stereocenters. The van der Waals surface area contributed by atoms with E-state index in [4.69, 9.17) is 0 Å². The summed E-state index contributed by atoms with van der Waals surface area (Å²) in [4.78, 5) is 25.0. The first-order valence-electron chi connectivity index (χ1n) is 13.7. The van der Waals surface area contributed by atoms with Crippen LogP contribution in [0.1, 0.15) is 125 Å². The highest BCUT2D eigenvalue weighted by atomic mass is 16.3. The number of hydrogen-bond acceptors (Lipinski definition) is 3. The van der Waals surface area contributed by atoms with Gasteiger partial charge < -0.3 is 5.11 Å². The molecule has 0 bridgehead atoms. The molecule has 0 amide bonds. The Bertz CT molecular complexity index is 926. The molecule has 194 valence electrons. The van der Waals surface area contributed by atoms with Crippen LogP contribution in [0.25, 0.3) is 0 Å². The second-order valence-electron chi connectivity index (χ2n) is 11.1. The van der Waals surface area contributed by atoms with Gasteiger partial charge in [-0.2, -0.15) is 0 Å². The van der Waals surface area contributed by atoms with Crippen molar-refractivity contribution in [3.63, 3.8) is 0 Å². The number of carbonyl (C=O) groups is 2. The molecule has 0 spiro atoms. The third-order valence-electron chi connectivity index (χ3n) is 7.90. The van der Waals surface area contributed by atoms with E-state index in [0.717, 1.165) is 25.7 Å². The topological polar surface area (TPSA) is 54.4 Å². The van der Waals surface area contributed by atoms with E-state index >= 15 is 0 Å². The summed E-state index contributed by atoms with van der Waals surface area (Å²) in [5.41, 5.74) is 5.85. The van der Waals surface area contributed by atoms with Crippen LogP contribution >= 0.6 is 0 Å². The Hall–Kier alpha value is -2.00. The minimum absolute atomic E-state index is 0.0409. The fraction of sp³-hybridized carbons (Fsp3) is 0.625. The van der Waals surface area contributed by atoms with E-state index < -0.39 is 5.60 Å². The van der Waals surface area contributed by atoms with Gasteiger partial charge in [-0.15, -0.1) is 0 Å². The zero-order chi connectivity index (χ0) is 26.0. The van der Waals surface area contributed by atoms with Gasteiger partial charge in [0, 0.05) is 22.3 Å². The normalized spacial score (nSPS) is 20.0. The third-order valence-corrected chi connectivity index (χ3v) is 7.90. The van der Waals surface area contributed by atoms with E-state index in [0.29, 0.717) is 41.6 Å². The van der Waals surface area contributed by atoms with Crippen LogP contribution in [0, 0.1) is 0 Å². The monoisotopic (exact) mass is 480 g/mol. The molecule has 0 radical (unpaired) electrons. The van der Waals surface area contributed by atoms with Gasteiger partial charge in [-0.25, -0.2) is 0 Å². The number of rotatable bonds is 12. The number of hydrogen-bond donors (Lipinski definition) is 1. The van der Waals surface area contributed by atoms with E-state index in [9.17, 15) is 14.7 Å². The number of allylic oxidation sites excluding steroid dienone is 10. The van der Waals surface area contributed by atoms with Crippen LogP contribution in [0.3, 0.4) is 0 Å². The van der Waals surface area contributed by atoms with Crippen molar-refractivity contribution in [1.29, 1.82) is 0 Å². The molecule has 1 N–H and O–H groups in total. The highest BCUT2D eigenvalue weighted by Gasteiger charge is 2.29. The second kappa shape index (κ2) is 13.9. The second-order valence-corrected chi connectivity index (χ2v) is 11.1. The summed E-state index contributed by atoms with van der Waals surface area (Å²) in [6.45, 7) is 11.4. The van der Waals surface area contributed by atoms with Gasteiger partial charge in [0.2, 0.25) is 0 Å². The summed E-state index contributed by atoms with van der Waals surface area (Å²) < 4.78 is 0. The molecule has 2 aliphatic carbocycles. The van der Waals surface area contributed by atoms with Crippen molar-refractivity contribution >= 4 is 11.6 Å². The number of carbonyl (C=O) groups excluding carboxylic acids is 2. The van der Waals surface area contributed by atoms with Crippen molar-refractivity contribution in [1.82, 2.24) is 0 Å². The van der Waals surface area contributed by atoms with Gasteiger partial charge >= 0.3 is 0 Å². The highest BCUT2D eigenvalue weighted by molar-refractivity contribution is 6.24. The molecule has 2 rings (SSSR count). The molecule has 3 nitrogen and oxygen atoms in total. The van der Waals surface area contributed by atoms with Crippen molar-refractivity contribution in [3.8, 4) is 0 Å². The molecule has 0 saturated heterocycles. The van der Waals surface area contributed by atoms with Crippen molar-refractivity contribution in [2.75, 3.05) is 0 Å². The van der Waals surface area contributed by atoms with Gasteiger partial charge in [-0.1, -0.05) is 41.4 Å². The highest BCUT2D eigenvalue weighted by Crippen LogP contribution is 2.30. The van der Waals surface area contributed by atoms with Crippen molar-refractivity contribution in [3.05, 3.63) is 57.2 Å². The predicted octanol–water partition coefficient (Wildman–Crippen LogP) is 8.45. The van der Waals surface area contributed by atoms with Gasteiger partial charge in [0.15, 0.2) is 11.6 Å². The summed E-state index contributed by atoms with van der Waals surface area (Å²) in [6.07, 6.45) is 20.7. The average molecular weight is 481 g/mol. The molecule has 35 heavy (non-hydrogen) atoms. The van der Waals surface area contributed by atoms with Crippen LogP contribution < -0.4 is 0 Å². The molecule has 0 heterocycles. The minimum Gasteiger partial charge on any atom is -0.390 e. The lowest BCUT2D eigenvalue weighted by Crippen LogP contribution is -2.26. The first-order chi connectivity index (χ1) is 16.5. The largest absolute Gasteiger partial charge is 0.390 e. The zero-order valence-corrected chi connectivity index (χ0v) is 23.2. The molecule has 3 heteroatoms. The lowest BCUT2D eigenvalue weighted by molar-refractivity contribution is -0.116. The van der Waals surface area contributed by atoms with Crippen LogP contribution in [0.15, 0.2) is 57.2 Å². The summed E-state index contributed by atoms with van der Waals surface area (Å²) in [6, 6.07) is 0. The molecule has 0 aromatic carbocycles. The Balaban J connectivity index is 1.72. The van der Waals surface area contributed by atoms with Crippen LogP contribution in [-0.2, 0) is 9.59 Å². The maximum atomic E-state index is 12.6. The molecule has 0 aromatic heterocycles. The Labute approximate surface area is 214 Å². The Morgan fingerprint density at radius 1 is 0.800 bits per heavy atom. The quantitative estimate of drug-likeness (QED) is 0.225. The van der Waals surface area contributed by atoms with Gasteiger partial charge in [0.1, 0.15) is 0 Å². The SMILES string of the molecule is CC1=C(C)C(=O)C(CCC(C)(O)CC/C=C(\C)CC/C=C(\C)CCC=C2CCCCC2)=C(C)C1=O.